The molecule has 0 radical (unpaired) electrons. The number of fused-ring (bicyclic) bond motifs is 2. The number of nitrogens with one attached hydrogen (secondary N) is 1. The van der Waals surface area contributed by atoms with Crippen molar-refractivity contribution >= 4 is 21.9 Å². The van der Waals surface area contributed by atoms with E-state index >= 15 is 0 Å². The number of benzene rings is 2. The molecule has 0 atom stereocenters. The van der Waals surface area contributed by atoms with Gasteiger partial charge in [-0.05, 0) is 18.2 Å². The van der Waals surface area contributed by atoms with Gasteiger partial charge in [-0.1, -0.05) is 30.3 Å². The molecule has 1 N–H and O–H groups in total. The molecule has 0 fully saturated rings. The first kappa shape index (κ1) is 11.0. The zero-order valence-electron chi connectivity index (χ0n) is 10.5. The minimum atomic E-state index is -0.0612. The van der Waals surface area contributed by atoms with E-state index in [1.165, 1.54) is 6.07 Å². The van der Waals surface area contributed by atoms with Crippen molar-refractivity contribution in [3.63, 3.8) is 0 Å². The van der Waals surface area contributed by atoms with Crippen LogP contribution in [-0.4, -0.2) is 10.2 Å². The lowest BCUT2D eigenvalue weighted by Gasteiger charge is -2.00. The number of H-pyrrole nitrogens is 1. The van der Waals surface area contributed by atoms with Crippen LogP contribution in [-0.2, 0) is 0 Å². The summed E-state index contributed by atoms with van der Waals surface area (Å²) in [4.78, 5) is 12.1. The highest BCUT2D eigenvalue weighted by atomic mass is 16.3. The molecule has 0 aliphatic heterocycles. The number of nitrogens with zero attached hydrogens (tertiary/aromatic N) is 1. The van der Waals surface area contributed by atoms with Crippen LogP contribution < -0.4 is 5.43 Å². The van der Waals surface area contributed by atoms with Gasteiger partial charge in [-0.15, -0.1) is 0 Å². The fraction of sp³-hybridized carbons (Fsp3) is 0. The molecule has 0 spiro atoms. The molecule has 4 nitrogen and oxygen atoms in total. The topological polar surface area (TPSA) is 58.9 Å². The molecule has 96 valence electrons. The van der Waals surface area contributed by atoms with Crippen molar-refractivity contribution in [2.24, 2.45) is 0 Å². The van der Waals surface area contributed by atoms with E-state index in [1.807, 2.05) is 36.4 Å². The van der Waals surface area contributed by atoms with Crippen molar-refractivity contribution in [2.45, 2.75) is 0 Å². The Morgan fingerprint density at radius 2 is 1.70 bits per heavy atom. The number of aromatic amines is 1. The number of aromatic nitrogens is 2. The van der Waals surface area contributed by atoms with Gasteiger partial charge in [-0.2, -0.15) is 5.10 Å². The zero-order valence-corrected chi connectivity index (χ0v) is 10.5. The highest BCUT2D eigenvalue weighted by molar-refractivity contribution is 5.92. The van der Waals surface area contributed by atoms with Crippen LogP contribution in [0.5, 0.6) is 0 Å². The summed E-state index contributed by atoms with van der Waals surface area (Å²) in [5, 5.41) is 8.71. The molecule has 2 heterocycles. The van der Waals surface area contributed by atoms with Gasteiger partial charge in [-0.25, -0.2) is 0 Å². The van der Waals surface area contributed by atoms with Crippen molar-refractivity contribution < 1.29 is 4.42 Å². The van der Waals surface area contributed by atoms with Crippen molar-refractivity contribution in [3.8, 4) is 11.5 Å². The van der Waals surface area contributed by atoms with Crippen LogP contribution in [0, 0.1) is 0 Å². The lowest BCUT2D eigenvalue weighted by atomic mass is 10.1. The summed E-state index contributed by atoms with van der Waals surface area (Å²) < 4.78 is 5.81. The van der Waals surface area contributed by atoms with Gasteiger partial charge in [0.1, 0.15) is 11.3 Å². The average molecular weight is 262 g/mol. The van der Waals surface area contributed by atoms with E-state index in [0.29, 0.717) is 22.4 Å². The Morgan fingerprint density at radius 1 is 0.950 bits per heavy atom. The highest BCUT2D eigenvalue weighted by Gasteiger charge is 2.12. The summed E-state index contributed by atoms with van der Waals surface area (Å²) >= 11 is 0. The largest absolute Gasteiger partial charge is 0.454 e. The van der Waals surface area contributed by atoms with Crippen LogP contribution in [0.15, 0.2) is 63.8 Å². The predicted molar refractivity (Wildman–Crippen MR) is 77.6 cm³/mol. The van der Waals surface area contributed by atoms with Gasteiger partial charge in [0.15, 0.2) is 11.2 Å². The third-order valence-corrected chi connectivity index (χ3v) is 3.34. The molecule has 4 rings (SSSR count). The lowest BCUT2D eigenvalue weighted by Crippen LogP contribution is -2.00. The van der Waals surface area contributed by atoms with E-state index in [0.717, 1.165) is 10.9 Å². The third kappa shape index (κ3) is 1.55. The summed E-state index contributed by atoms with van der Waals surface area (Å²) in [6.45, 7) is 0. The maximum absolute atomic E-state index is 12.1. The highest BCUT2D eigenvalue weighted by Crippen LogP contribution is 2.26. The Kier molecular flexibility index (Phi) is 2.23. The van der Waals surface area contributed by atoms with E-state index in [9.17, 15) is 4.79 Å². The minimum Gasteiger partial charge on any atom is -0.454 e. The fourth-order valence-electron chi connectivity index (χ4n) is 2.37. The molecule has 0 bridgehead atoms. The van der Waals surface area contributed by atoms with Crippen LogP contribution in [0.1, 0.15) is 0 Å². The number of hydrogen-bond acceptors (Lipinski definition) is 3. The average Bonchev–Trinajstić information content (AvgIpc) is 2.91. The van der Waals surface area contributed by atoms with Crippen LogP contribution in [0.4, 0.5) is 0 Å². The molecule has 2 aromatic carbocycles. The summed E-state index contributed by atoms with van der Waals surface area (Å²) in [7, 11) is 0. The molecule has 0 aliphatic carbocycles. The standard InChI is InChI=1S/C16H10N2O2/c19-13-9-15(20-14-8-4-2-6-11(13)14)16-10-5-1-3-7-12(10)17-18-16/h1-9H,(H,17,18). The first-order valence-corrected chi connectivity index (χ1v) is 6.29. The van der Waals surface area contributed by atoms with Gasteiger partial charge in [0.2, 0.25) is 0 Å². The summed E-state index contributed by atoms with van der Waals surface area (Å²) in [5.41, 5.74) is 2.08. The summed E-state index contributed by atoms with van der Waals surface area (Å²) in [5.74, 6) is 0.478. The van der Waals surface area contributed by atoms with E-state index < -0.39 is 0 Å². The van der Waals surface area contributed by atoms with E-state index in [4.69, 9.17) is 4.42 Å². The second-order valence-electron chi connectivity index (χ2n) is 4.59. The Labute approximate surface area is 113 Å². The first-order valence-electron chi connectivity index (χ1n) is 6.29. The smallest absolute Gasteiger partial charge is 0.193 e. The zero-order chi connectivity index (χ0) is 13.5. The van der Waals surface area contributed by atoms with Gasteiger partial charge < -0.3 is 4.42 Å². The van der Waals surface area contributed by atoms with Crippen LogP contribution in [0.3, 0.4) is 0 Å². The van der Waals surface area contributed by atoms with Gasteiger partial charge in [0.25, 0.3) is 0 Å². The second kappa shape index (κ2) is 4.06. The van der Waals surface area contributed by atoms with Gasteiger partial charge in [0, 0.05) is 11.5 Å². The minimum absolute atomic E-state index is 0.0612. The maximum atomic E-state index is 12.1. The number of hydrogen-bond donors (Lipinski definition) is 1. The van der Waals surface area contributed by atoms with Crippen LogP contribution in [0.2, 0.25) is 0 Å². The molecule has 2 aromatic heterocycles. The van der Waals surface area contributed by atoms with Gasteiger partial charge in [-0.3, -0.25) is 9.89 Å². The third-order valence-electron chi connectivity index (χ3n) is 3.34. The molecule has 0 aliphatic rings. The molecule has 4 aromatic rings. The quantitative estimate of drug-likeness (QED) is 0.572. The first-order chi connectivity index (χ1) is 9.83. The Morgan fingerprint density at radius 3 is 2.60 bits per heavy atom. The van der Waals surface area contributed by atoms with Crippen molar-refractivity contribution in [1.82, 2.24) is 10.2 Å². The van der Waals surface area contributed by atoms with Crippen molar-refractivity contribution in [3.05, 3.63) is 64.8 Å². The Bertz CT molecular complexity index is 982. The molecule has 20 heavy (non-hydrogen) atoms. The second-order valence-corrected chi connectivity index (χ2v) is 4.59. The summed E-state index contributed by atoms with van der Waals surface area (Å²) in [6.07, 6.45) is 0. The predicted octanol–water partition coefficient (Wildman–Crippen LogP) is 3.34. The van der Waals surface area contributed by atoms with E-state index in [1.54, 1.807) is 12.1 Å². The van der Waals surface area contributed by atoms with E-state index in [2.05, 4.69) is 10.2 Å². The van der Waals surface area contributed by atoms with Gasteiger partial charge in [0.05, 0.1) is 10.9 Å². The molecule has 0 unspecified atom stereocenters. The van der Waals surface area contributed by atoms with E-state index in [-0.39, 0.29) is 5.43 Å². The van der Waals surface area contributed by atoms with Gasteiger partial charge >= 0.3 is 0 Å². The number of rotatable bonds is 1. The van der Waals surface area contributed by atoms with Crippen molar-refractivity contribution in [2.75, 3.05) is 0 Å². The fourth-order valence-corrected chi connectivity index (χ4v) is 2.37. The Hall–Kier alpha value is -2.88. The Balaban J connectivity index is 2.05. The molecular formula is C16H10N2O2. The van der Waals surface area contributed by atoms with Crippen LogP contribution in [0.25, 0.3) is 33.3 Å². The lowest BCUT2D eigenvalue weighted by molar-refractivity contribution is 0.616. The maximum Gasteiger partial charge on any atom is 0.193 e. The molecule has 0 amide bonds. The molecule has 0 saturated heterocycles. The molecular weight excluding hydrogens is 252 g/mol. The van der Waals surface area contributed by atoms with Crippen molar-refractivity contribution in [1.29, 1.82) is 0 Å². The molecule has 0 saturated carbocycles. The SMILES string of the molecule is O=c1cc(-c2n[nH]c3ccccc23)oc2ccccc12. The van der Waals surface area contributed by atoms with Crippen LogP contribution >= 0.6 is 0 Å². The monoisotopic (exact) mass is 262 g/mol. The summed E-state index contributed by atoms with van der Waals surface area (Å²) in [6, 6.07) is 16.4. The molecule has 4 heteroatoms. The normalized spacial score (nSPS) is 11.2. The number of para-hydroxylation sites is 2.